The Balaban J connectivity index is 1.43. The van der Waals surface area contributed by atoms with Crippen molar-refractivity contribution in [3.8, 4) is 0 Å². The maximum atomic E-state index is 5.56. The number of aryl methyl sites for hydroxylation is 1. The number of nitrogens with zero attached hydrogens (tertiary/aromatic N) is 6. The van der Waals surface area contributed by atoms with Crippen molar-refractivity contribution in [1.82, 2.24) is 20.1 Å². The maximum absolute atomic E-state index is 5.56. The van der Waals surface area contributed by atoms with Gasteiger partial charge < -0.3 is 14.3 Å². The molecule has 1 aliphatic heterocycles. The van der Waals surface area contributed by atoms with Crippen molar-refractivity contribution in [3.63, 3.8) is 0 Å². The zero-order chi connectivity index (χ0) is 17.7. The molecule has 0 bridgehead atoms. The van der Waals surface area contributed by atoms with Crippen molar-refractivity contribution < 1.29 is 4.52 Å². The van der Waals surface area contributed by atoms with Crippen LogP contribution in [0.3, 0.4) is 0 Å². The molecule has 3 heterocycles. The van der Waals surface area contributed by atoms with E-state index < -0.39 is 0 Å². The van der Waals surface area contributed by atoms with Gasteiger partial charge in [-0.05, 0) is 49.2 Å². The summed E-state index contributed by atoms with van der Waals surface area (Å²) in [5.41, 5.74) is 2.64. The lowest BCUT2D eigenvalue weighted by Gasteiger charge is -2.40. The molecule has 1 saturated heterocycles. The minimum Gasteiger partial charge on any atom is -0.347 e. The van der Waals surface area contributed by atoms with Crippen LogP contribution >= 0.6 is 0 Å². The van der Waals surface area contributed by atoms with Crippen molar-refractivity contribution in [2.45, 2.75) is 56.3 Å². The van der Waals surface area contributed by atoms with E-state index in [1.165, 1.54) is 36.9 Å². The molecule has 1 unspecified atom stereocenters. The van der Waals surface area contributed by atoms with Gasteiger partial charge in [-0.3, -0.25) is 0 Å². The number of hydrogen-bond donors (Lipinski definition) is 0. The van der Waals surface area contributed by atoms with E-state index in [-0.39, 0.29) is 5.41 Å². The Hall–Kier alpha value is -2.18. The maximum Gasteiger partial charge on any atom is 0.266 e. The lowest BCUT2D eigenvalue weighted by Crippen LogP contribution is -2.46. The molecule has 5 rings (SSSR count). The summed E-state index contributed by atoms with van der Waals surface area (Å²) in [4.78, 5) is 18.5. The summed E-state index contributed by atoms with van der Waals surface area (Å²) in [6.07, 6.45) is 10.2. The fourth-order valence-corrected chi connectivity index (χ4v) is 4.62. The van der Waals surface area contributed by atoms with Gasteiger partial charge in [-0.2, -0.15) is 4.98 Å². The fraction of sp³-hybridized carbons (Fsp3) is 0.684. The first-order valence-electron chi connectivity index (χ1n) is 9.77. The van der Waals surface area contributed by atoms with E-state index in [0.29, 0.717) is 5.92 Å². The molecule has 26 heavy (non-hydrogen) atoms. The highest BCUT2D eigenvalue weighted by Gasteiger charge is 2.44. The number of piperidine rings is 1. The summed E-state index contributed by atoms with van der Waals surface area (Å²) in [6.45, 7) is 1.92. The van der Waals surface area contributed by atoms with Gasteiger partial charge in [0.15, 0.2) is 0 Å². The van der Waals surface area contributed by atoms with Crippen molar-refractivity contribution in [2.75, 3.05) is 37.0 Å². The van der Waals surface area contributed by atoms with Gasteiger partial charge in [0.05, 0.1) is 5.69 Å². The van der Waals surface area contributed by atoms with Crippen LogP contribution in [0.25, 0.3) is 0 Å². The molecule has 0 aromatic carbocycles. The molecule has 2 aromatic rings. The molecule has 3 aliphatic rings. The number of hydrogen-bond acceptors (Lipinski definition) is 7. The molecule has 2 fully saturated rings. The van der Waals surface area contributed by atoms with Crippen LogP contribution in [-0.4, -0.2) is 47.3 Å². The lowest BCUT2D eigenvalue weighted by molar-refractivity contribution is 0.290. The molecule has 2 aliphatic carbocycles. The molecule has 1 spiro atoms. The molecular formula is C19H26N6O. The highest BCUT2D eigenvalue weighted by Crippen LogP contribution is 2.45. The molecule has 0 radical (unpaired) electrons. The van der Waals surface area contributed by atoms with Gasteiger partial charge in [-0.25, -0.2) is 9.97 Å². The van der Waals surface area contributed by atoms with Crippen LogP contribution < -0.4 is 9.80 Å². The van der Waals surface area contributed by atoms with Gasteiger partial charge in [0.1, 0.15) is 0 Å². The molecular weight excluding hydrogens is 328 g/mol. The number of anilines is 2. The molecule has 7 nitrogen and oxygen atoms in total. The number of fused-ring (bicyclic) bond motifs is 2. The van der Waals surface area contributed by atoms with E-state index >= 15 is 0 Å². The van der Waals surface area contributed by atoms with Crippen LogP contribution in [0.1, 0.15) is 61.6 Å². The first-order chi connectivity index (χ1) is 12.6. The van der Waals surface area contributed by atoms with Crippen LogP contribution in [0.5, 0.6) is 0 Å². The number of rotatable bonds is 3. The van der Waals surface area contributed by atoms with Crippen molar-refractivity contribution in [2.24, 2.45) is 0 Å². The Morgan fingerprint density at radius 1 is 1.19 bits per heavy atom. The highest BCUT2D eigenvalue weighted by molar-refractivity contribution is 5.42. The Morgan fingerprint density at radius 2 is 2.08 bits per heavy atom. The van der Waals surface area contributed by atoms with E-state index in [1.54, 1.807) is 0 Å². The third-order valence-electron chi connectivity index (χ3n) is 6.37. The molecule has 1 atom stereocenters. The highest BCUT2D eigenvalue weighted by atomic mass is 16.5. The second kappa shape index (κ2) is 5.93. The normalized spacial score (nSPS) is 25.4. The smallest absolute Gasteiger partial charge is 0.266 e. The SMILES string of the molecule is CN(C)c1ncc2c(n1)C1(CCCN(c3noc(C4CCC4)n3)C1)CC2. The van der Waals surface area contributed by atoms with E-state index in [4.69, 9.17) is 14.5 Å². The molecule has 138 valence electrons. The van der Waals surface area contributed by atoms with Crippen molar-refractivity contribution in [3.05, 3.63) is 23.3 Å². The van der Waals surface area contributed by atoms with Crippen LogP contribution in [0.15, 0.2) is 10.7 Å². The average Bonchev–Trinajstić information content (AvgIpc) is 3.20. The molecule has 0 amide bonds. The van der Waals surface area contributed by atoms with E-state index in [1.807, 2.05) is 25.2 Å². The molecule has 7 heteroatoms. The van der Waals surface area contributed by atoms with Gasteiger partial charge in [-0.1, -0.05) is 6.42 Å². The lowest BCUT2D eigenvalue weighted by atomic mass is 9.77. The first kappa shape index (κ1) is 16.0. The van der Waals surface area contributed by atoms with Gasteiger partial charge in [0.2, 0.25) is 11.8 Å². The largest absolute Gasteiger partial charge is 0.347 e. The van der Waals surface area contributed by atoms with E-state index in [2.05, 4.69) is 15.0 Å². The monoisotopic (exact) mass is 354 g/mol. The molecule has 1 saturated carbocycles. The average molecular weight is 354 g/mol. The summed E-state index contributed by atoms with van der Waals surface area (Å²) >= 11 is 0. The number of aromatic nitrogens is 4. The molecule has 0 N–H and O–H groups in total. The van der Waals surface area contributed by atoms with Gasteiger partial charge in [0, 0.05) is 44.7 Å². The van der Waals surface area contributed by atoms with E-state index in [9.17, 15) is 0 Å². The van der Waals surface area contributed by atoms with Crippen LogP contribution in [0, 0.1) is 0 Å². The minimum atomic E-state index is 0.0958. The minimum absolute atomic E-state index is 0.0958. The van der Waals surface area contributed by atoms with Crippen LogP contribution in [0.4, 0.5) is 11.9 Å². The van der Waals surface area contributed by atoms with Gasteiger partial charge >= 0.3 is 0 Å². The second-order valence-corrected chi connectivity index (χ2v) is 8.30. The third kappa shape index (κ3) is 2.47. The Bertz CT molecular complexity index is 810. The molecule has 2 aromatic heterocycles. The van der Waals surface area contributed by atoms with Crippen LogP contribution in [0.2, 0.25) is 0 Å². The van der Waals surface area contributed by atoms with Gasteiger partial charge in [0.25, 0.3) is 5.95 Å². The second-order valence-electron chi connectivity index (χ2n) is 8.30. The fourth-order valence-electron chi connectivity index (χ4n) is 4.62. The topological polar surface area (TPSA) is 71.2 Å². The summed E-state index contributed by atoms with van der Waals surface area (Å²) in [7, 11) is 4.00. The zero-order valence-corrected chi connectivity index (χ0v) is 15.6. The van der Waals surface area contributed by atoms with Gasteiger partial charge in [-0.15, -0.1) is 0 Å². The zero-order valence-electron chi connectivity index (χ0n) is 15.6. The predicted molar refractivity (Wildman–Crippen MR) is 98.7 cm³/mol. The van der Waals surface area contributed by atoms with Crippen LogP contribution in [-0.2, 0) is 11.8 Å². The Kier molecular flexibility index (Phi) is 3.65. The van der Waals surface area contributed by atoms with E-state index in [0.717, 1.165) is 50.1 Å². The summed E-state index contributed by atoms with van der Waals surface area (Å²) < 4.78 is 5.56. The summed E-state index contributed by atoms with van der Waals surface area (Å²) in [5.74, 6) is 2.88. The van der Waals surface area contributed by atoms with Crippen molar-refractivity contribution in [1.29, 1.82) is 0 Å². The quantitative estimate of drug-likeness (QED) is 0.839. The Morgan fingerprint density at radius 3 is 2.85 bits per heavy atom. The Labute approximate surface area is 153 Å². The standard InChI is InChI=1S/C19H26N6O/c1-24(2)17-20-11-14-7-9-19(15(14)21-17)8-4-10-25(12-19)18-22-16(26-23-18)13-5-3-6-13/h11,13H,3-10,12H2,1-2H3. The summed E-state index contributed by atoms with van der Waals surface area (Å²) in [6, 6.07) is 0. The van der Waals surface area contributed by atoms with Crippen molar-refractivity contribution >= 4 is 11.9 Å². The third-order valence-corrected chi connectivity index (χ3v) is 6.37. The first-order valence-corrected chi connectivity index (χ1v) is 9.77. The summed E-state index contributed by atoms with van der Waals surface area (Å²) in [5, 5.41) is 4.30. The predicted octanol–water partition coefficient (Wildman–Crippen LogP) is 2.68.